The summed E-state index contributed by atoms with van der Waals surface area (Å²) in [6, 6.07) is 18.5. The zero-order chi connectivity index (χ0) is 21.9. The predicted molar refractivity (Wildman–Crippen MR) is 122 cm³/mol. The quantitative estimate of drug-likeness (QED) is 0.340. The van der Waals surface area contributed by atoms with Crippen LogP contribution in [0.15, 0.2) is 65.3 Å². The number of ether oxygens (including phenoxy) is 1. The molecule has 3 aromatic rings. The van der Waals surface area contributed by atoms with Crippen LogP contribution in [0.4, 0.5) is 0 Å². The van der Waals surface area contributed by atoms with Crippen LogP contribution in [0.25, 0.3) is 11.3 Å². The summed E-state index contributed by atoms with van der Waals surface area (Å²) in [5.41, 5.74) is 4.64. The summed E-state index contributed by atoms with van der Waals surface area (Å²) >= 11 is 0. The molecule has 5 heteroatoms. The molecule has 0 fully saturated rings. The largest absolute Gasteiger partial charge is 0.493 e. The number of para-hydroxylation sites is 1. The number of unbranched alkanes of at least 4 members (excludes halogenated alkanes) is 2. The van der Waals surface area contributed by atoms with E-state index in [9.17, 15) is 4.79 Å². The fraction of sp³-hybridized carbons (Fsp3) is 0.346. The lowest BCUT2D eigenvalue weighted by Gasteiger charge is -2.16. The molecule has 0 spiro atoms. The van der Waals surface area contributed by atoms with E-state index in [0.29, 0.717) is 13.0 Å². The molecule has 2 aromatic carbocycles. The number of furan rings is 1. The number of aliphatic carboxylic acids is 1. The molecule has 0 saturated carbocycles. The monoisotopic (exact) mass is 421 g/mol. The van der Waals surface area contributed by atoms with Crippen molar-refractivity contribution >= 4 is 5.97 Å². The fourth-order valence-electron chi connectivity index (χ4n) is 3.54. The molecule has 0 aliphatic heterocycles. The van der Waals surface area contributed by atoms with E-state index in [1.165, 1.54) is 11.1 Å². The van der Waals surface area contributed by atoms with Gasteiger partial charge in [0.25, 0.3) is 0 Å². The van der Waals surface area contributed by atoms with Crippen LogP contribution in [0.5, 0.6) is 5.75 Å². The smallest absolute Gasteiger partial charge is 0.303 e. The molecule has 0 amide bonds. The number of aryl methyl sites for hydroxylation is 1. The molecular weight excluding hydrogens is 390 g/mol. The Hall–Kier alpha value is -3.05. The summed E-state index contributed by atoms with van der Waals surface area (Å²) in [6.45, 7) is 4.23. The van der Waals surface area contributed by atoms with E-state index < -0.39 is 5.97 Å². The standard InChI is InChI=1S/C26H31NO4/c1-2-21-8-6-9-23(26(21)31-16-5-3-4-11-25(28)29)19-27-18-20-12-14-22(15-13-20)24-10-7-17-30-24/h6-10,12-15,17,27H,2-5,11,16,18-19H2,1H3,(H,28,29). The van der Waals surface area contributed by atoms with Crippen molar-refractivity contribution in [3.05, 3.63) is 77.6 Å². The number of nitrogens with one attached hydrogen (secondary N) is 1. The third-order valence-electron chi connectivity index (χ3n) is 5.24. The minimum atomic E-state index is -0.735. The van der Waals surface area contributed by atoms with E-state index in [-0.39, 0.29) is 6.42 Å². The van der Waals surface area contributed by atoms with Crippen LogP contribution in [0.2, 0.25) is 0 Å². The Labute approximate surface area is 184 Å². The van der Waals surface area contributed by atoms with Gasteiger partial charge in [-0.05, 0) is 48.9 Å². The SMILES string of the molecule is CCc1cccc(CNCc2ccc(-c3ccco3)cc2)c1OCCCCCC(=O)O. The molecule has 0 bridgehead atoms. The van der Waals surface area contributed by atoms with E-state index in [0.717, 1.165) is 55.0 Å². The van der Waals surface area contributed by atoms with E-state index >= 15 is 0 Å². The molecule has 164 valence electrons. The van der Waals surface area contributed by atoms with Crippen molar-refractivity contribution in [3.63, 3.8) is 0 Å². The molecule has 0 radical (unpaired) electrons. The van der Waals surface area contributed by atoms with Crippen molar-refractivity contribution in [2.45, 2.75) is 52.1 Å². The van der Waals surface area contributed by atoms with Crippen LogP contribution in [-0.2, 0) is 24.3 Å². The van der Waals surface area contributed by atoms with Crippen molar-refractivity contribution in [2.24, 2.45) is 0 Å². The summed E-state index contributed by atoms with van der Waals surface area (Å²) in [5, 5.41) is 12.3. The number of rotatable bonds is 13. The second kappa shape index (κ2) is 12.0. The molecule has 31 heavy (non-hydrogen) atoms. The van der Waals surface area contributed by atoms with Crippen molar-refractivity contribution in [1.29, 1.82) is 0 Å². The van der Waals surface area contributed by atoms with Gasteiger partial charge in [-0.3, -0.25) is 4.79 Å². The van der Waals surface area contributed by atoms with Crippen LogP contribution in [0, 0.1) is 0 Å². The highest BCUT2D eigenvalue weighted by atomic mass is 16.5. The first kappa shape index (κ1) is 22.6. The van der Waals surface area contributed by atoms with Gasteiger partial charge in [0.2, 0.25) is 0 Å². The molecule has 1 aromatic heterocycles. The molecular formula is C26H31NO4. The average molecular weight is 422 g/mol. The molecule has 0 unspecified atom stereocenters. The summed E-state index contributed by atoms with van der Waals surface area (Å²) in [6.07, 6.45) is 5.24. The Bertz CT molecular complexity index is 933. The lowest BCUT2D eigenvalue weighted by Crippen LogP contribution is -2.14. The lowest BCUT2D eigenvalue weighted by atomic mass is 10.1. The zero-order valence-corrected chi connectivity index (χ0v) is 18.1. The predicted octanol–water partition coefficient (Wildman–Crippen LogP) is 5.82. The van der Waals surface area contributed by atoms with Crippen molar-refractivity contribution in [2.75, 3.05) is 6.61 Å². The highest BCUT2D eigenvalue weighted by molar-refractivity contribution is 5.66. The first-order valence-electron chi connectivity index (χ1n) is 11.0. The molecule has 2 N–H and O–H groups in total. The Kier molecular flexibility index (Phi) is 8.73. The Morgan fingerprint density at radius 2 is 1.77 bits per heavy atom. The average Bonchev–Trinajstić information content (AvgIpc) is 3.32. The number of hydrogen-bond donors (Lipinski definition) is 2. The Balaban J connectivity index is 1.51. The van der Waals surface area contributed by atoms with Crippen LogP contribution in [0.1, 0.15) is 49.3 Å². The van der Waals surface area contributed by atoms with E-state index in [1.54, 1.807) is 6.26 Å². The van der Waals surface area contributed by atoms with E-state index in [2.05, 4.69) is 54.7 Å². The molecule has 0 atom stereocenters. The fourth-order valence-corrected chi connectivity index (χ4v) is 3.54. The maximum Gasteiger partial charge on any atom is 0.303 e. The van der Waals surface area contributed by atoms with Crippen LogP contribution in [-0.4, -0.2) is 17.7 Å². The van der Waals surface area contributed by atoms with Gasteiger partial charge in [0.15, 0.2) is 0 Å². The summed E-state index contributed by atoms with van der Waals surface area (Å²) in [4.78, 5) is 10.6. The molecule has 0 aliphatic rings. The highest BCUT2D eigenvalue weighted by Crippen LogP contribution is 2.25. The number of benzene rings is 2. The summed E-state index contributed by atoms with van der Waals surface area (Å²) in [7, 11) is 0. The number of carbonyl (C=O) groups is 1. The Morgan fingerprint density at radius 3 is 2.48 bits per heavy atom. The van der Waals surface area contributed by atoms with Crippen LogP contribution >= 0.6 is 0 Å². The molecule has 3 rings (SSSR count). The van der Waals surface area contributed by atoms with Crippen molar-refractivity contribution in [1.82, 2.24) is 5.32 Å². The molecule has 0 aliphatic carbocycles. The maximum atomic E-state index is 10.6. The van der Waals surface area contributed by atoms with Gasteiger partial charge in [0.05, 0.1) is 12.9 Å². The van der Waals surface area contributed by atoms with Gasteiger partial charge in [-0.25, -0.2) is 0 Å². The highest BCUT2D eigenvalue weighted by Gasteiger charge is 2.09. The molecule has 5 nitrogen and oxygen atoms in total. The first-order valence-corrected chi connectivity index (χ1v) is 11.0. The number of hydrogen-bond acceptors (Lipinski definition) is 4. The van der Waals surface area contributed by atoms with Gasteiger partial charge in [-0.2, -0.15) is 0 Å². The number of carboxylic acids is 1. The molecule has 1 heterocycles. The van der Waals surface area contributed by atoms with Crippen LogP contribution < -0.4 is 10.1 Å². The summed E-state index contributed by atoms with van der Waals surface area (Å²) in [5.74, 6) is 1.10. The van der Waals surface area contributed by atoms with Gasteiger partial charge in [-0.1, -0.05) is 49.4 Å². The number of carboxylic acid groups (broad SMARTS) is 1. The topological polar surface area (TPSA) is 71.7 Å². The van der Waals surface area contributed by atoms with Gasteiger partial charge in [0.1, 0.15) is 11.5 Å². The van der Waals surface area contributed by atoms with Crippen molar-refractivity contribution in [3.8, 4) is 17.1 Å². The third-order valence-corrected chi connectivity index (χ3v) is 5.24. The van der Waals surface area contributed by atoms with Gasteiger partial charge >= 0.3 is 5.97 Å². The lowest BCUT2D eigenvalue weighted by molar-refractivity contribution is -0.137. The minimum absolute atomic E-state index is 0.225. The normalized spacial score (nSPS) is 10.9. The Morgan fingerprint density at radius 1 is 0.968 bits per heavy atom. The summed E-state index contributed by atoms with van der Waals surface area (Å²) < 4.78 is 11.6. The third kappa shape index (κ3) is 7.00. The second-order valence-electron chi connectivity index (χ2n) is 7.59. The maximum absolute atomic E-state index is 10.6. The van der Waals surface area contributed by atoms with Gasteiger partial charge in [0, 0.05) is 30.6 Å². The van der Waals surface area contributed by atoms with Gasteiger partial charge in [-0.15, -0.1) is 0 Å². The molecule has 0 saturated heterocycles. The van der Waals surface area contributed by atoms with Crippen LogP contribution in [0.3, 0.4) is 0 Å². The zero-order valence-electron chi connectivity index (χ0n) is 18.1. The van der Waals surface area contributed by atoms with Gasteiger partial charge < -0.3 is 19.6 Å². The second-order valence-corrected chi connectivity index (χ2v) is 7.59. The van der Waals surface area contributed by atoms with Crippen molar-refractivity contribution < 1.29 is 19.1 Å². The first-order chi connectivity index (χ1) is 15.2. The van der Waals surface area contributed by atoms with E-state index in [1.807, 2.05) is 12.1 Å². The van der Waals surface area contributed by atoms with E-state index in [4.69, 9.17) is 14.3 Å². The minimum Gasteiger partial charge on any atom is -0.493 e.